The molecule has 0 saturated heterocycles. The summed E-state index contributed by atoms with van der Waals surface area (Å²) in [6, 6.07) is 96.1. The van der Waals surface area contributed by atoms with Crippen LogP contribution in [0.15, 0.2) is 261 Å². The minimum absolute atomic E-state index is 0.559. The van der Waals surface area contributed by atoms with Gasteiger partial charge < -0.3 is 4.90 Å². The predicted octanol–water partition coefficient (Wildman–Crippen LogP) is 16.8. The molecule has 0 aromatic heterocycles. The van der Waals surface area contributed by atoms with Crippen LogP contribution in [0.5, 0.6) is 0 Å². The smallest absolute Gasteiger partial charge is 0.0714 e. The molecule has 0 radical (unpaired) electrons. The Balaban J connectivity index is 1.21. The molecule has 0 spiro atoms. The summed E-state index contributed by atoms with van der Waals surface area (Å²) in [6.45, 7) is 0. The largest absolute Gasteiger partial charge is 0.309 e. The van der Waals surface area contributed by atoms with Crippen molar-refractivity contribution in [1.29, 1.82) is 0 Å². The molecule has 12 rings (SSSR count). The first kappa shape index (κ1) is 37.5. The zero-order chi connectivity index (χ0) is 42.5. The Morgan fingerprint density at radius 3 is 1.39 bits per heavy atom. The molecule has 0 unspecified atom stereocenters. The van der Waals surface area contributed by atoms with Crippen molar-refractivity contribution in [3.63, 3.8) is 0 Å². The van der Waals surface area contributed by atoms with Gasteiger partial charge in [0.15, 0.2) is 0 Å². The molecule has 1 aliphatic rings. The maximum Gasteiger partial charge on any atom is 0.0714 e. The quantitative estimate of drug-likeness (QED) is 0.138. The molecule has 1 heteroatoms. The van der Waals surface area contributed by atoms with E-state index in [2.05, 4.69) is 266 Å². The first-order valence-corrected chi connectivity index (χ1v) is 22.2. The van der Waals surface area contributed by atoms with Crippen LogP contribution in [0.2, 0.25) is 0 Å². The molecule has 0 aliphatic heterocycles. The third-order valence-corrected chi connectivity index (χ3v) is 13.3. The molecule has 0 fully saturated rings. The van der Waals surface area contributed by atoms with Crippen LogP contribution in [0.25, 0.3) is 66.1 Å². The van der Waals surface area contributed by atoms with Gasteiger partial charge in [-0.2, -0.15) is 0 Å². The van der Waals surface area contributed by atoms with Crippen molar-refractivity contribution in [3.05, 3.63) is 283 Å². The lowest BCUT2D eigenvalue weighted by molar-refractivity contribution is 0.768. The highest BCUT2D eigenvalue weighted by atomic mass is 15.1. The van der Waals surface area contributed by atoms with E-state index in [0.717, 1.165) is 28.2 Å². The van der Waals surface area contributed by atoms with Gasteiger partial charge in [0.2, 0.25) is 0 Å². The van der Waals surface area contributed by atoms with Gasteiger partial charge in [0, 0.05) is 22.2 Å². The Labute approximate surface area is 374 Å². The zero-order valence-corrected chi connectivity index (χ0v) is 35.3. The zero-order valence-electron chi connectivity index (χ0n) is 35.3. The van der Waals surface area contributed by atoms with Gasteiger partial charge in [-0.05, 0) is 90.0 Å². The fourth-order valence-electron chi connectivity index (χ4n) is 10.6. The standard InChI is InChI=1S/C63H43N/c1-5-21-44(22-6-1)45-37-39-47(40-38-45)61-56-33-15-13-30-52(56)53-31-14-16-34-57(53)62(61)64(60-36-20-18-29-51(60)46-23-7-2-8-24-46)50-41-42-55-54-32-17-19-35-58(54)63(59(55)43-50,48-25-9-3-10-26-48)49-27-11-4-12-28-49/h1-43H. The molecule has 0 saturated carbocycles. The van der Waals surface area contributed by atoms with E-state index in [1.165, 1.54) is 77.2 Å². The summed E-state index contributed by atoms with van der Waals surface area (Å²) in [7, 11) is 0. The SMILES string of the molecule is c1ccc(-c2ccc(-c3c(N(c4ccc5c(c4)C(c4ccccc4)(c4ccccc4)c4ccccc4-5)c4ccccc4-c4ccccc4)c4ccccc4c4ccccc34)cc2)cc1. The lowest BCUT2D eigenvalue weighted by Gasteiger charge is -2.36. The van der Waals surface area contributed by atoms with Crippen LogP contribution in [-0.4, -0.2) is 0 Å². The number of rotatable bonds is 8. The first-order chi connectivity index (χ1) is 31.8. The molecule has 1 nitrogen and oxygen atoms in total. The van der Waals surface area contributed by atoms with Crippen molar-refractivity contribution >= 4 is 38.6 Å². The predicted molar refractivity (Wildman–Crippen MR) is 270 cm³/mol. The summed E-state index contributed by atoms with van der Waals surface area (Å²) in [5.74, 6) is 0. The minimum atomic E-state index is -0.559. The van der Waals surface area contributed by atoms with Crippen molar-refractivity contribution in [2.24, 2.45) is 0 Å². The van der Waals surface area contributed by atoms with E-state index in [9.17, 15) is 0 Å². The highest BCUT2D eigenvalue weighted by molar-refractivity contribution is 6.23. The number of anilines is 3. The molecule has 11 aromatic rings. The van der Waals surface area contributed by atoms with Gasteiger partial charge in [0.25, 0.3) is 0 Å². The summed E-state index contributed by atoms with van der Waals surface area (Å²) in [5, 5.41) is 4.85. The molecule has 0 heterocycles. The van der Waals surface area contributed by atoms with Crippen LogP contribution in [0.4, 0.5) is 17.1 Å². The van der Waals surface area contributed by atoms with Crippen molar-refractivity contribution in [1.82, 2.24) is 0 Å². The number of hydrogen-bond acceptors (Lipinski definition) is 1. The topological polar surface area (TPSA) is 3.24 Å². The molecule has 0 atom stereocenters. The van der Waals surface area contributed by atoms with Crippen LogP contribution >= 0.6 is 0 Å². The second-order valence-corrected chi connectivity index (χ2v) is 16.7. The van der Waals surface area contributed by atoms with E-state index < -0.39 is 5.41 Å². The summed E-state index contributed by atoms with van der Waals surface area (Å²) in [5.41, 5.74) is 17.4. The summed E-state index contributed by atoms with van der Waals surface area (Å²) < 4.78 is 0. The summed E-state index contributed by atoms with van der Waals surface area (Å²) in [4.78, 5) is 2.57. The Morgan fingerprint density at radius 1 is 0.281 bits per heavy atom. The van der Waals surface area contributed by atoms with Gasteiger partial charge in [-0.3, -0.25) is 0 Å². The highest BCUT2D eigenvalue weighted by Crippen LogP contribution is 2.58. The van der Waals surface area contributed by atoms with Crippen LogP contribution < -0.4 is 4.90 Å². The van der Waals surface area contributed by atoms with Crippen LogP contribution in [0.3, 0.4) is 0 Å². The Morgan fingerprint density at radius 2 is 0.734 bits per heavy atom. The minimum Gasteiger partial charge on any atom is -0.309 e. The van der Waals surface area contributed by atoms with Crippen LogP contribution in [-0.2, 0) is 5.41 Å². The maximum absolute atomic E-state index is 2.57. The monoisotopic (exact) mass is 813 g/mol. The summed E-state index contributed by atoms with van der Waals surface area (Å²) in [6.07, 6.45) is 0. The molecule has 11 aromatic carbocycles. The van der Waals surface area contributed by atoms with Crippen molar-refractivity contribution < 1.29 is 0 Å². The van der Waals surface area contributed by atoms with E-state index in [1.807, 2.05) is 0 Å². The molecule has 0 amide bonds. The molecular formula is C63H43N. The Kier molecular flexibility index (Phi) is 9.13. The maximum atomic E-state index is 2.57. The third kappa shape index (κ3) is 5.93. The van der Waals surface area contributed by atoms with Crippen LogP contribution in [0.1, 0.15) is 22.3 Å². The molecule has 300 valence electrons. The number of nitrogens with zero attached hydrogens (tertiary/aromatic N) is 1. The molecular weight excluding hydrogens is 771 g/mol. The summed E-state index contributed by atoms with van der Waals surface area (Å²) >= 11 is 0. The number of fused-ring (bicyclic) bond motifs is 6. The van der Waals surface area contributed by atoms with E-state index >= 15 is 0 Å². The molecule has 0 bridgehead atoms. The number of hydrogen-bond donors (Lipinski definition) is 0. The van der Waals surface area contributed by atoms with Gasteiger partial charge in [-0.15, -0.1) is 0 Å². The molecule has 64 heavy (non-hydrogen) atoms. The van der Waals surface area contributed by atoms with E-state index in [0.29, 0.717) is 0 Å². The Hall–Kier alpha value is -8.26. The van der Waals surface area contributed by atoms with Gasteiger partial charge >= 0.3 is 0 Å². The fourth-order valence-corrected chi connectivity index (χ4v) is 10.6. The molecule has 1 aliphatic carbocycles. The van der Waals surface area contributed by atoms with Gasteiger partial charge in [0.05, 0.1) is 16.8 Å². The van der Waals surface area contributed by atoms with Crippen LogP contribution in [0, 0.1) is 0 Å². The lowest BCUT2D eigenvalue weighted by atomic mass is 9.67. The highest BCUT2D eigenvalue weighted by Gasteiger charge is 2.46. The van der Waals surface area contributed by atoms with Crippen molar-refractivity contribution in [3.8, 4) is 44.5 Å². The van der Waals surface area contributed by atoms with Gasteiger partial charge in [-0.25, -0.2) is 0 Å². The average molecular weight is 814 g/mol. The number of benzene rings is 11. The lowest BCUT2D eigenvalue weighted by Crippen LogP contribution is -2.28. The third-order valence-electron chi connectivity index (χ3n) is 13.3. The second-order valence-electron chi connectivity index (χ2n) is 16.7. The number of para-hydroxylation sites is 1. The normalized spacial score (nSPS) is 12.5. The van der Waals surface area contributed by atoms with Gasteiger partial charge in [-0.1, -0.05) is 243 Å². The average Bonchev–Trinajstić information content (AvgIpc) is 3.68. The van der Waals surface area contributed by atoms with E-state index in [4.69, 9.17) is 0 Å². The first-order valence-electron chi connectivity index (χ1n) is 22.2. The van der Waals surface area contributed by atoms with Crippen molar-refractivity contribution in [2.45, 2.75) is 5.41 Å². The van der Waals surface area contributed by atoms with Gasteiger partial charge in [0.1, 0.15) is 0 Å². The van der Waals surface area contributed by atoms with E-state index in [1.54, 1.807) is 0 Å². The second kappa shape index (κ2) is 15.6. The van der Waals surface area contributed by atoms with Crippen molar-refractivity contribution in [2.75, 3.05) is 4.90 Å². The molecule has 0 N–H and O–H groups in total. The fraction of sp³-hybridized carbons (Fsp3) is 0.0159. The Bertz CT molecular complexity index is 3430. The van der Waals surface area contributed by atoms with E-state index in [-0.39, 0.29) is 0 Å².